The van der Waals surface area contributed by atoms with Crippen LogP contribution in [0.3, 0.4) is 0 Å². The summed E-state index contributed by atoms with van der Waals surface area (Å²) >= 11 is 6.06. The van der Waals surface area contributed by atoms with Crippen LogP contribution in [-0.2, 0) is 6.18 Å². The molecule has 3 N–H and O–H groups in total. The molecule has 2 heterocycles. The van der Waals surface area contributed by atoms with Crippen molar-refractivity contribution in [2.75, 3.05) is 5.32 Å². The van der Waals surface area contributed by atoms with E-state index in [2.05, 4.69) is 25.8 Å². The fourth-order valence-electron chi connectivity index (χ4n) is 3.95. The third-order valence-corrected chi connectivity index (χ3v) is 5.66. The van der Waals surface area contributed by atoms with Crippen LogP contribution in [0.25, 0.3) is 10.9 Å². The van der Waals surface area contributed by atoms with Gasteiger partial charge in [-0.3, -0.25) is 9.89 Å². The van der Waals surface area contributed by atoms with E-state index in [0.29, 0.717) is 22.5 Å². The van der Waals surface area contributed by atoms with Gasteiger partial charge in [0.25, 0.3) is 5.91 Å². The molecule has 0 aliphatic heterocycles. The fraction of sp³-hybridized carbons (Fsp3) is 0.333. The summed E-state index contributed by atoms with van der Waals surface area (Å²) in [5, 5.41) is 22.2. The molecule has 2 aromatic heterocycles. The lowest BCUT2D eigenvalue weighted by Crippen LogP contribution is -2.42. The summed E-state index contributed by atoms with van der Waals surface area (Å²) in [5.74, 6) is -0.415. The highest BCUT2D eigenvalue weighted by molar-refractivity contribution is 6.31. The zero-order valence-electron chi connectivity index (χ0n) is 16.6. The minimum atomic E-state index is -4.59. The first-order chi connectivity index (χ1) is 15.2. The van der Waals surface area contributed by atoms with Gasteiger partial charge in [0.1, 0.15) is 11.8 Å². The molecule has 3 aromatic rings. The van der Waals surface area contributed by atoms with Gasteiger partial charge in [0.15, 0.2) is 5.69 Å². The molecule has 1 aliphatic rings. The van der Waals surface area contributed by atoms with Gasteiger partial charge in [-0.15, -0.1) is 0 Å². The number of anilines is 1. The maximum Gasteiger partial charge on any atom is 0.433 e. The number of carbonyl (C=O) groups excluding carboxylic acids is 1. The number of nitrogens with zero attached hydrogens (tertiary/aromatic N) is 3. The molecule has 32 heavy (non-hydrogen) atoms. The van der Waals surface area contributed by atoms with Gasteiger partial charge in [-0.2, -0.15) is 23.5 Å². The maximum absolute atomic E-state index is 13.4. The summed E-state index contributed by atoms with van der Waals surface area (Å²) in [6.45, 7) is 0. The van der Waals surface area contributed by atoms with Crippen molar-refractivity contribution < 1.29 is 18.0 Å². The van der Waals surface area contributed by atoms with Crippen molar-refractivity contribution in [2.45, 2.75) is 43.9 Å². The van der Waals surface area contributed by atoms with Gasteiger partial charge < -0.3 is 10.6 Å². The molecule has 1 aliphatic carbocycles. The number of pyridine rings is 1. The van der Waals surface area contributed by atoms with Crippen molar-refractivity contribution in [1.29, 1.82) is 5.26 Å². The molecule has 1 saturated carbocycles. The standard InChI is InChI=1S/C21H18ClF3N6O/c22-11-4-5-16-14(6-11)17(8-19(30-16)21(23,24)25)28-12-2-1-3-13(7-12)29-20(32)15-10-27-31-18(15)9-26/h4-6,8,10,12-13H,1-3,7H2,(H,27,31)(H,28,30)(H,29,32)/t12-,13+/m0/s1. The van der Waals surface area contributed by atoms with Crippen molar-refractivity contribution in [1.82, 2.24) is 20.5 Å². The summed E-state index contributed by atoms with van der Waals surface area (Å²) in [7, 11) is 0. The third kappa shape index (κ3) is 4.62. The number of benzene rings is 1. The smallest absolute Gasteiger partial charge is 0.382 e. The summed E-state index contributed by atoms with van der Waals surface area (Å²) in [4.78, 5) is 16.2. The van der Waals surface area contributed by atoms with Gasteiger partial charge in [-0.1, -0.05) is 11.6 Å². The minimum Gasteiger partial charge on any atom is -0.382 e. The molecule has 1 amide bonds. The first kappa shape index (κ1) is 21.9. The van der Waals surface area contributed by atoms with E-state index in [1.165, 1.54) is 18.3 Å². The Hall–Kier alpha value is -3.32. The van der Waals surface area contributed by atoms with Crippen LogP contribution in [0.5, 0.6) is 0 Å². The van der Waals surface area contributed by atoms with Crippen LogP contribution in [0.1, 0.15) is 47.4 Å². The van der Waals surface area contributed by atoms with E-state index in [-0.39, 0.29) is 28.9 Å². The van der Waals surface area contributed by atoms with E-state index < -0.39 is 17.8 Å². The molecule has 11 heteroatoms. The number of carbonyl (C=O) groups is 1. The van der Waals surface area contributed by atoms with Crippen LogP contribution < -0.4 is 10.6 Å². The van der Waals surface area contributed by atoms with Crippen LogP contribution >= 0.6 is 11.6 Å². The molecule has 0 radical (unpaired) electrons. The van der Waals surface area contributed by atoms with Gasteiger partial charge in [0, 0.05) is 34.4 Å². The van der Waals surface area contributed by atoms with Gasteiger partial charge >= 0.3 is 6.18 Å². The van der Waals surface area contributed by atoms with Crippen molar-refractivity contribution in [3.63, 3.8) is 0 Å². The lowest BCUT2D eigenvalue weighted by molar-refractivity contribution is -0.140. The molecule has 0 saturated heterocycles. The molecule has 166 valence electrons. The largest absolute Gasteiger partial charge is 0.433 e. The lowest BCUT2D eigenvalue weighted by atomic mass is 9.90. The minimum absolute atomic E-state index is 0.00722. The normalized spacial score (nSPS) is 18.8. The van der Waals surface area contributed by atoms with E-state index in [0.717, 1.165) is 25.3 Å². The van der Waals surface area contributed by atoms with Crippen LogP contribution in [0.15, 0.2) is 30.5 Å². The van der Waals surface area contributed by atoms with Gasteiger partial charge in [-0.05, 0) is 49.9 Å². The molecular formula is C21H18ClF3N6O. The average Bonchev–Trinajstić information content (AvgIpc) is 3.22. The molecular weight excluding hydrogens is 445 g/mol. The van der Waals surface area contributed by atoms with Crippen molar-refractivity contribution >= 4 is 34.1 Å². The van der Waals surface area contributed by atoms with Crippen LogP contribution in [0.4, 0.5) is 18.9 Å². The zero-order chi connectivity index (χ0) is 22.9. The monoisotopic (exact) mass is 462 g/mol. The SMILES string of the molecule is N#Cc1n[nH]cc1C(=O)N[C@@H]1CCC[C@H](Nc2cc(C(F)(F)F)nc3ccc(Cl)cc23)C1. The van der Waals surface area contributed by atoms with Crippen LogP contribution in [0, 0.1) is 11.3 Å². The fourth-order valence-corrected chi connectivity index (χ4v) is 4.12. The van der Waals surface area contributed by atoms with E-state index in [4.69, 9.17) is 16.9 Å². The summed E-state index contributed by atoms with van der Waals surface area (Å²) in [6, 6.07) is 7.01. The van der Waals surface area contributed by atoms with E-state index in [1.54, 1.807) is 6.07 Å². The number of hydrogen-bond donors (Lipinski definition) is 3. The lowest BCUT2D eigenvalue weighted by Gasteiger charge is -2.31. The number of rotatable bonds is 4. The first-order valence-corrected chi connectivity index (χ1v) is 10.3. The number of hydrogen-bond acceptors (Lipinski definition) is 5. The molecule has 1 aromatic carbocycles. The summed E-state index contributed by atoms with van der Waals surface area (Å²) in [6.07, 6.45) is -0.492. The molecule has 1 fully saturated rings. The number of nitrogens with one attached hydrogen (secondary N) is 3. The highest BCUT2D eigenvalue weighted by Crippen LogP contribution is 2.35. The predicted octanol–water partition coefficient (Wildman–Crippen LogP) is 4.65. The molecule has 0 spiro atoms. The van der Waals surface area contributed by atoms with Gasteiger partial charge in [0.2, 0.25) is 0 Å². The molecule has 0 unspecified atom stereocenters. The first-order valence-electron chi connectivity index (χ1n) is 9.93. The van der Waals surface area contributed by atoms with Gasteiger partial charge in [0.05, 0.1) is 11.1 Å². The van der Waals surface area contributed by atoms with Crippen molar-refractivity contribution in [3.8, 4) is 6.07 Å². The van der Waals surface area contributed by atoms with E-state index >= 15 is 0 Å². The summed E-state index contributed by atoms with van der Waals surface area (Å²) in [5.41, 5.74) is -0.334. The van der Waals surface area contributed by atoms with Crippen molar-refractivity contribution in [2.24, 2.45) is 0 Å². The Balaban J connectivity index is 1.54. The second kappa shape index (κ2) is 8.67. The Kier molecular flexibility index (Phi) is 5.93. The highest BCUT2D eigenvalue weighted by atomic mass is 35.5. The number of fused-ring (bicyclic) bond motifs is 1. The Bertz CT molecular complexity index is 1200. The number of amides is 1. The Morgan fingerprint density at radius 2 is 2.03 bits per heavy atom. The Morgan fingerprint density at radius 1 is 1.25 bits per heavy atom. The molecule has 2 atom stereocenters. The quantitative estimate of drug-likeness (QED) is 0.523. The topological polar surface area (TPSA) is 106 Å². The maximum atomic E-state index is 13.4. The molecule has 0 bridgehead atoms. The molecule has 4 rings (SSSR count). The van der Waals surface area contributed by atoms with Crippen LogP contribution in [0.2, 0.25) is 5.02 Å². The number of aromatic nitrogens is 3. The van der Waals surface area contributed by atoms with Crippen LogP contribution in [-0.4, -0.2) is 33.2 Å². The van der Waals surface area contributed by atoms with E-state index in [9.17, 15) is 18.0 Å². The molecule has 7 nitrogen and oxygen atoms in total. The number of alkyl halides is 3. The zero-order valence-corrected chi connectivity index (χ0v) is 17.4. The number of H-pyrrole nitrogens is 1. The van der Waals surface area contributed by atoms with Gasteiger partial charge in [-0.25, -0.2) is 4.98 Å². The predicted molar refractivity (Wildman–Crippen MR) is 112 cm³/mol. The average molecular weight is 463 g/mol. The second-order valence-electron chi connectivity index (χ2n) is 7.65. The Labute approximate surface area is 186 Å². The summed E-state index contributed by atoms with van der Waals surface area (Å²) < 4.78 is 40.1. The Morgan fingerprint density at radius 3 is 2.78 bits per heavy atom. The van der Waals surface area contributed by atoms with E-state index in [1.807, 2.05) is 6.07 Å². The number of halogens is 4. The second-order valence-corrected chi connectivity index (χ2v) is 8.09. The number of aromatic amines is 1. The third-order valence-electron chi connectivity index (χ3n) is 5.42. The van der Waals surface area contributed by atoms with Crippen molar-refractivity contribution in [3.05, 3.63) is 52.4 Å². The number of nitriles is 1. The highest BCUT2D eigenvalue weighted by Gasteiger charge is 2.34.